The Kier molecular flexibility index (Phi) is 8.01. The molecule has 18 heavy (non-hydrogen) atoms. The van der Waals surface area contributed by atoms with Crippen molar-refractivity contribution in [1.29, 1.82) is 0 Å². The van der Waals surface area contributed by atoms with Crippen molar-refractivity contribution in [3.63, 3.8) is 0 Å². The van der Waals surface area contributed by atoms with Gasteiger partial charge in [0.15, 0.2) is 0 Å². The molecule has 1 aliphatic rings. The van der Waals surface area contributed by atoms with Gasteiger partial charge in [-0.3, -0.25) is 4.79 Å². The van der Waals surface area contributed by atoms with Crippen LogP contribution in [0.3, 0.4) is 0 Å². The minimum atomic E-state index is -0.0183. The van der Waals surface area contributed by atoms with Gasteiger partial charge in [0.2, 0.25) is 5.91 Å². The third-order valence-corrected chi connectivity index (χ3v) is 3.68. The van der Waals surface area contributed by atoms with E-state index in [2.05, 4.69) is 12.2 Å². The molecule has 1 amide bonds. The van der Waals surface area contributed by atoms with Crippen LogP contribution in [0.25, 0.3) is 0 Å². The Balaban J connectivity index is 1.95. The minimum Gasteiger partial charge on any atom is -0.382 e. The summed E-state index contributed by atoms with van der Waals surface area (Å²) in [7, 11) is 1.62. The zero-order valence-corrected chi connectivity index (χ0v) is 11.7. The van der Waals surface area contributed by atoms with Crippen LogP contribution < -0.4 is 5.32 Å². The SMILES string of the molecule is COCCOCC(=O)NCCC1CCC(C)CC1. The smallest absolute Gasteiger partial charge is 0.245 e. The molecule has 0 radical (unpaired) electrons. The maximum Gasteiger partial charge on any atom is 0.245 e. The lowest BCUT2D eigenvalue weighted by Gasteiger charge is -2.26. The van der Waals surface area contributed by atoms with Gasteiger partial charge in [-0.1, -0.05) is 32.6 Å². The molecule has 4 heteroatoms. The summed E-state index contributed by atoms with van der Waals surface area (Å²) in [6.07, 6.45) is 6.44. The fourth-order valence-electron chi connectivity index (χ4n) is 2.39. The molecular formula is C14H27NO3. The summed E-state index contributed by atoms with van der Waals surface area (Å²) < 4.78 is 9.99. The van der Waals surface area contributed by atoms with Gasteiger partial charge in [0, 0.05) is 13.7 Å². The van der Waals surface area contributed by atoms with E-state index in [1.165, 1.54) is 25.7 Å². The molecule has 1 rings (SSSR count). The van der Waals surface area contributed by atoms with Crippen LogP contribution in [-0.2, 0) is 14.3 Å². The van der Waals surface area contributed by atoms with Gasteiger partial charge in [0.25, 0.3) is 0 Å². The van der Waals surface area contributed by atoms with Crippen molar-refractivity contribution in [3.8, 4) is 0 Å². The molecule has 0 aromatic carbocycles. The number of carbonyl (C=O) groups is 1. The van der Waals surface area contributed by atoms with Gasteiger partial charge in [-0.05, 0) is 18.3 Å². The summed E-state index contributed by atoms with van der Waals surface area (Å²) in [5, 5.41) is 2.91. The molecule has 1 aliphatic carbocycles. The average Bonchev–Trinajstić information content (AvgIpc) is 2.37. The van der Waals surface area contributed by atoms with E-state index >= 15 is 0 Å². The third kappa shape index (κ3) is 6.97. The lowest BCUT2D eigenvalue weighted by molar-refractivity contribution is -0.126. The molecule has 106 valence electrons. The molecule has 0 heterocycles. The van der Waals surface area contributed by atoms with Crippen molar-refractivity contribution in [1.82, 2.24) is 5.32 Å². The molecule has 0 spiro atoms. The molecule has 1 fully saturated rings. The van der Waals surface area contributed by atoms with Crippen LogP contribution in [0.1, 0.15) is 39.0 Å². The van der Waals surface area contributed by atoms with Crippen LogP contribution >= 0.6 is 0 Å². The molecule has 1 saturated carbocycles. The molecule has 0 saturated heterocycles. The molecule has 0 bridgehead atoms. The van der Waals surface area contributed by atoms with Crippen LogP contribution in [0, 0.1) is 11.8 Å². The van der Waals surface area contributed by atoms with E-state index in [0.717, 1.165) is 24.8 Å². The first-order valence-corrected chi connectivity index (χ1v) is 7.05. The number of hydrogen-bond acceptors (Lipinski definition) is 3. The number of hydrogen-bond donors (Lipinski definition) is 1. The summed E-state index contributed by atoms with van der Waals surface area (Å²) in [6.45, 7) is 4.27. The Labute approximate surface area is 110 Å². The molecule has 4 nitrogen and oxygen atoms in total. The van der Waals surface area contributed by atoms with Crippen LogP contribution in [0.5, 0.6) is 0 Å². The van der Waals surface area contributed by atoms with Gasteiger partial charge in [-0.25, -0.2) is 0 Å². The number of carbonyl (C=O) groups excluding carboxylic acids is 1. The molecule has 0 aliphatic heterocycles. The Bertz CT molecular complexity index is 225. The second kappa shape index (κ2) is 9.34. The van der Waals surface area contributed by atoms with E-state index in [9.17, 15) is 4.79 Å². The highest BCUT2D eigenvalue weighted by Crippen LogP contribution is 2.29. The molecular weight excluding hydrogens is 230 g/mol. The summed E-state index contributed by atoms with van der Waals surface area (Å²) >= 11 is 0. The summed E-state index contributed by atoms with van der Waals surface area (Å²) in [6, 6.07) is 0. The molecule has 0 atom stereocenters. The maximum absolute atomic E-state index is 11.4. The predicted molar refractivity (Wildman–Crippen MR) is 71.4 cm³/mol. The number of ether oxygens (including phenoxy) is 2. The first-order chi connectivity index (χ1) is 8.72. The van der Waals surface area contributed by atoms with Crippen molar-refractivity contribution in [2.75, 3.05) is 33.5 Å². The molecule has 1 N–H and O–H groups in total. The fraction of sp³-hybridized carbons (Fsp3) is 0.929. The normalized spacial score (nSPS) is 23.9. The Morgan fingerprint density at radius 1 is 1.22 bits per heavy atom. The first kappa shape index (κ1) is 15.4. The van der Waals surface area contributed by atoms with Crippen molar-refractivity contribution in [3.05, 3.63) is 0 Å². The van der Waals surface area contributed by atoms with Gasteiger partial charge in [-0.2, -0.15) is 0 Å². The van der Waals surface area contributed by atoms with Gasteiger partial charge in [-0.15, -0.1) is 0 Å². The van der Waals surface area contributed by atoms with Crippen molar-refractivity contribution in [2.24, 2.45) is 11.8 Å². The number of amides is 1. The summed E-state index contributed by atoms with van der Waals surface area (Å²) in [4.78, 5) is 11.4. The number of rotatable bonds is 8. The van der Waals surface area contributed by atoms with E-state index in [-0.39, 0.29) is 12.5 Å². The second-order valence-electron chi connectivity index (χ2n) is 5.31. The Morgan fingerprint density at radius 2 is 1.94 bits per heavy atom. The number of nitrogens with one attached hydrogen (secondary N) is 1. The van der Waals surface area contributed by atoms with Crippen molar-refractivity contribution >= 4 is 5.91 Å². The maximum atomic E-state index is 11.4. The van der Waals surface area contributed by atoms with Crippen LogP contribution in [0.4, 0.5) is 0 Å². The monoisotopic (exact) mass is 257 g/mol. The van der Waals surface area contributed by atoms with E-state index in [4.69, 9.17) is 9.47 Å². The van der Waals surface area contributed by atoms with E-state index in [1.807, 2.05) is 0 Å². The third-order valence-electron chi connectivity index (χ3n) is 3.68. The minimum absolute atomic E-state index is 0.0183. The largest absolute Gasteiger partial charge is 0.382 e. The Hall–Kier alpha value is -0.610. The van der Waals surface area contributed by atoms with Crippen molar-refractivity contribution in [2.45, 2.75) is 39.0 Å². The zero-order chi connectivity index (χ0) is 13.2. The summed E-state index contributed by atoms with van der Waals surface area (Å²) in [5.41, 5.74) is 0. The predicted octanol–water partition coefficient (Wildman–Crippen LogP) is 1.98. The highest BCUT2D eigenvalue weighted by atomic mass is 16.5. The topological polar surface area (TPSA) is 47.6 Å². The van der Waals surface area contributed by atoms with Crippen LogP contribution in [0.2, 0.25) is 0 Å². The van der Waals surface area contributed by atoms with E-state index in [0.29, 0.717) is 13.2 Å². The van der Waals surface area contributed by atoms with E-state index < -0.39 is 0 Å². The zero-order valence-electron chi connectivity index (χ0n) is 11.7. The van der Waals surface area contributed by atoms with Gasteiger partial charge in [0.1, 0.15) is 6.61 Å². The van der Waals surface area contributed by atoms with Gasteiger partial charge in [0.05, 0.1) is 13.2 Å². The summed E-state index contributed by atoms with van der Waals surface area (Å²) in [5.74, 6) is 1.68. The quantitative estimate of drug-likeness (QED) is 0.676. The number of methoxy groups -OCH3 is 1. The highest BCUT2D eigenvalue weighted by molar-refractivity contribution is 5.77. The van der Waals surface area contributed by atoms with Gasteiger partial charge >= 0.3 is 0 Å². The fourth-order valence-corrected chi connectivity index (χ4v) is 2.39. The highest BCUT2D eigenvalue weighted by Gasteiger charge is 2.17. The van der Waals surface area contributed by atoms with Gasteiger partial charge < -0.3 is 14.8 Å². The molecule has 0 unspecified atom stereocenters. The molecule has 0 aromatic rings. The lowest BCUT2D eigenvalue weighted by atomic mass is 9.81. The standard InChI is InChI=1S/C14H27NO3/c1-12-3-5-13(6-4-12)7-8-15-14(16)11-18-10-9-17-2/h12-13H,3-11H2,1-2H3,(H,15,16). The Morgan fingerprint density at radius 3 is 2.61 bits per heavy atom. The van der Waals surface area contributed by atoms with E-state index in [1.54, 1.807) is 7.11 Å². The second-order valence-corrected chi connectivity index (χ2v) is 5.31. The average molecular weight is 257 g/mol. The van der Waals surface area contributed by atoms with Crippen molar-refractivity contribution < 1.29 is 14.3 Å². The molecule has 0 aromatic heterocycles. The van der Waals surface area contributed by atoms with Crippen LogP contribution in [0.15, 0.2) is 0 Å². The first-order valence-electron chi connectivity index (χ1n) is 7.05. The lowest BCUT2D eigenvalue weighted by Crippen LogP contribution is -2.30. The van der Waals surface area contributed by atoms with Crippen LogP contribution in [-0.4, -0.2) is 39.4 Å².